The Labute approximate surface area is 188 Å². The molecule has 0 saturated carbocycles. The van der Waals surface area contributed by atoms with E-state index in [1.54, 1.807) is 6.20 Å². The highest BCUT2D eigenvalue weighted by Gasteiger charge is 2.34. The van der Waals surface area contributed by atoms with Gasteiger partial charge in [-0.3, -0.25) is 9.59 Å². The summed E-state index contributed by atoms with van der Waals surface area (Å²) in [7, 11) is 0. The summed E-state index contributed by atoms with van der Waals surface area (Å²) in [5.74, 6) is -3.98. The molecular weight excluding hydrogens is 432 g/mol. The van der Waals surface area contributed by atoms with E-state index < -0.39 is 35.6 Å². The molecule has 3 aromatic rings. The second-order valence-electron chi connectivity index (χ2n) is 8.15. The molecule has 3 N–H and O–H groups in total. The number of carbonyl (C=O) groups excluding carboxylic acids is 2. The maximum absolute atomic E-state index is 14.1. The van der Waals surface area contributed by atoms with E-state index in [-0.39, 0.29) is 37.3 Å². The van der Waals surface area contributed by atoms with E-state index >= 15 is 0 Å². The number of para-hydroxylation sites is 1. The third kappa shape index (κ3) is 4.87. The molecule has 4 rings (SSSR count). The SMILES string of the molecule is O=C(CC1CCC(=O)N1Cc1cccc(F)c1F)N[C@@H](Cc1c[nH]c2ccccc12)C(=O)O. The summed E-state index contributed by atoms with van der Waals surface area (Å²) >= 11 is 0. The summed E-state index contributed by atoms with van der Waals surface area (Å²) in [6.45, 7) is -0.155. The number of nitrogens with zero attached hydrogens (tertiary/aromatic N) is 1. The Balaban J connectivity index is 1.42. The van der Waals surface area contributed by atoms with Crippen LogP contribution >= 0.6 is 0 Å². The van der Waals surface area contributed by atoms with E-state index in [0.717, 1.165) is 22.5 Å². The van der Waals surface area contributed by atoms with Crippen LogP contribution in [-0.4, -0.2) is 44.9 Å². The Morgan fingerprint density at radius 1 is 1.15 bits per heavy atom. The predicted molar refractivity (Wildman–Crippen MR) is 116 cm³/mol. The first-order chi connectivity index (χ1) is 15.8. The van der Waals surface area contributed by atoms with Crippen LogP contribution in [0.15, 0.2) is 48.7 Å². The van der Waals surface area contributed by atoms with Gasteiger partial charge >= 0.3 is 5.97 Å². The molecule has 0 aliphatic carbocycles. The fourth-order valence-corrected chi connectivity index (χ4v) is 4.26. The molecule has 1 aliphatic heterocycles. The number of carboxylic acid groups (broad SMARTS) is 1. The number of nitrogens with one attached hydrogen (secondary N) is 2. The maximum Gasteiger partial charge on any atom is 0.326 e. The highest BCUT2D eigenvalue weighted by atomic mass is 19.2. The quantitative estimate of drug-likeness (QED) is 0.486. The van der Waals surface area contributed by atoms with Gasteiger partial charge in [0.15, 0.2) is 11.6 Å². The number of carboxylic acids is 1. The van der Waals surface area contributed by atoms with Crippen molar-refractivity contribution in [3.8, 4) is 0 Å². The molecule has 0 bridgehead atoms. The van der Waals surface area contributed by atoms with Crippen molar-refractivity contribution in [1.29, 1.82) is 0 Å². The van der Waals surface area contributed by atoms with Gasteiger partial charge in [-0.25, -0.2) is 13.6 Å². The Bertz CT molecular complexity index is 1210. The lowest BCUT2D eigenvalue weighted by molar-refractivity contribution is -0.142. The van der Waals surface area contributed by atoms with Crippen LogP contribution in [0, 0.1) is 11.6 Å². The van der Waals surface area contributed by atoms with Crippen molar-refractivity contribution in [3.63, 3.8) is 0 Å². The van der Waals surface area contributed by atoms with E-state index in [4.69, 9.17) is 0 Å². The van der Waals surface area contributed by atoms with Gasteiger partial charge in [0.2, 0.25) is 11.8 Å². The number of likely N-dealkylation sites (tertiary alicyclic amines) is 1. The molecule has 1 aromatic heterocycles. The number of rotatable bonds is 8. The van der Waals surface area contributed by atoms with Crippen molar-refractivity contribution in [2.75, 3.05) is 0 Å². The van der Waals surface area contributed by atoms with Gasteiger partial charge in [-0.1, -0.05) is 30.3 Å². The number of hydrogen-bond donors (Lipinski definition) is 3. The van der Waals surface area contributed by atoms with Crippen molar-refractivity contribution in [3.05, 3.63) is 71.4 Å². The van der Waals surface area contributed by atoms with Gasteiger partial charge in [0.1, 0.15) is 6.04 Å². The Morgan fingerprint density at radius 3 is 2.73 bits per heavy atom. The second kappa shape index (κ2) is 9.40. The summed E-state index contributed by atoms with van der Waals surface area (Å²) < 4.78 is 27.6. The molecule has 1 fully saturated rings. The van der Waals surface area contributed by atoms with Crippen molar-refractivity contribution < 1.29 is 28.3 Å². The molecule has 2 heterocycles. The minimum Gasteiger partial charge on any atom is -0.480 e. The first-order valence-electron chi connectivity index (χ1n) is 10.6. The highest BCUT2D eigenvalue weighted by Crippen LogP contribution is 2.25. The van der Waals surface area contributed by atoms with Gasteiger partial charge in [-0.2, -0.15) is 0 Å². The van der Waals surface area contributed by atoms with E-state index in [1.165, 1.54) is 17.0 Å². The predicted octanol–water partition coefficient (Wildman–Crippen LogP) is 3.14. The molecule has 33 heavy (non-hydrogen) atoms. The monoisotopic (exact) mass is 455 g/mol. The van der Waals surface area contributed by atoms with Crippen molar-refractivity contribution >= 4 is 28.7 Å². The van der Waals surface area contributed by atoms with Crippen LogP contribution in [-0.2, 0) is 27.3 Å². The largest absolute Gasteiger partial charge is 0.480 e. The zero-order valence-electron chi connectivity index (χ0n) is 17.7. The molecule has 172 valence electrons. The first-order valence-corrected chi connectivity index (χ1v) is 10.6. The zero-order valence-corrected chi connectivity index (χ0v) is 17.7. The lowest BCUT2D eigenvalue weighted by Gasteiger charge is -2.25. The van der Waals surface area contributed by atoms with E-state index in [1.807, 2.05) is 24.3 Å². The average Bonchev–Trinajstić information content (AvgIpc) is 3.35. The molecule has 1 saturated heterocycles. The van der Waals surface area contributed by atoms with Gasteiger partial charge in [0.25, 0.3) is 0 Å². The Kier molecular flexibility index (Phi) is 6.39. The lowest BCUT2D eigenvalue weighted by Crippen LogP contribution is -2.45. The van der Waals surface area contributed by atoms with Crippen LogP contribution in [0.2, 0.25) is 0 Å². The normalized spacial score (nSPS) is 16.8. The van der Waals surface area contributed by atoms with Crippen LogP contribution in [0.25, 0.3) is 10.9 Å². The number of hydrogen-bond acceptors (Lipinski definition) is 3. The Morgan fingerprint density at radius 2 is 1.94 bits per heavy atom. The molecule has 7 nitrogen and oxygen atoms in total. The number of fused-ring (bicyclic) bond motifs is 1. The smallest absolute Gasteiger partial charge is 0.326 e. The average molecular weight is 455 g/mol. The number of H-pyrrole nitrogens is 1. The number of carbonyl (C=O) groups is 3. The van der Waals surface area contributed by atoms with Gasteiger partial charge < -0.3 is 20.3 Å². The number of benzene rings is 2. The Hall–Kier alpha value is -3.75. The molecule has 0 radical (unpaired) electrons. The maximum atomic E-state index is 14.1. The first kappa shape index (κ1) is 22.4. The highest BCUT2D eigenvalue weighted by molar-refractivity contribution is 5.87. The summed E-state index contributed by atoms with van der Waals surface area (Å²) in [5.41, 5.74) is 1.66. The summed E-state index contributed by atoms with van der Waals surface area (Å²) in [4.78, 5) is 41.2. The molecular formula is C24H23F2N3O4. The summed E-state index contributed by atoms with van der Waals surface area (Å²) in [5, 5.41) is 13.1. The van der Waals surface area contributed by atoms with Crippen molar-refractivity contribution in [1.82, 2.24) is 15.2 Å². The van der Waals surface area contributed by atoms with Crippen LogP contribution in [0.1, 0.15) is 30.4 Å². The number of halogens is 2. The van der Waals surface area contributed by atoms with Crippen LogP contribution in [0.4, 0.5) is 8.78 Å². The number of aromatic amines is 1. The van der Waals surface area contributed by atoms with Gasteiger partial charge in [-0.15, -0.1) is 0 Å². The fourth-order valence-electron chi connectivity index (χ4n) is 4.26. The molecule has 1 aliphatic rings. The molecule has 2 atom stereocenters. The third-order valence-corrected chi connectivity index (χ3v) is 5.98. The third-order valence-electron chi connectivity index (χ3n) is 5.98. The molecule has 1 unspecified atom stereocenters. The van der Waals surface area contributed by atoms with E-state index in [0.29, 0.717) is 6.42 Å². The van der Waals surface area contributed by atoms with Crippen molar-refractivity contribution in [2.45, 2.75) is 44.3 Å². The number of amides is 2. The molecule has 0 spiro atoms. The lowest BCUT2D eigenvalue weighted by atomic mass is 10.0. The van der Waals surface area contributed by atoms with Crippen LogP contribution < -0.4 is 5.32 Å². The van der Waals surface area contributed by atoms with Gasteiger partial charge in [-0.05, 0) is 24.1 Å². The molecule has 2 aromatic carbocycles. The van der Waals surface area contributed by atoms with Crippen molar-refractivity contribution in [2.24, 2.45) is 0 Å². The topological polar surface area (TPSA) is 103 Å². The molecule has 9 heteroatoms. The minimum atomic E-state index is -1.17. The van der Waals surface area contributed by atoms with E-state index in [9.17, 15) is 28.3 Å². The fraction of sp³-hybridized carbons (Fsp3) is 0.292. The van der Waals surface area contributed by atoms with Crippen LogP contribution in [0.5, 0.6) is 0 Å². The zero-order chi connectivity index (χ0) is 23.5. The van der Waals surface area contributed by atoms with Gasteiger partial charge in [0, 0.05) is 54.5 Å². The number of aliphatic carboxylic acids is 1. The van der Waals surface area contributed by atoms with Crippen LogP contribution in [0.3, 0.4) is 0 Å². The summed E-state index contributed by atoms with van der Waals surface area (Å²) in [6, 6.07) is 9.53. The number of aromatic nitrogens is 1. The molecule has 2 amide bonds. The summed E-state index contributed by atoms with van der Waals surface area (Å²) in [6.07, 6.45) is 2.25. The minimum absolute atomic E-state index is 0.0263. The van der Waals surface area contributed by atoms with E-state index in [2.05, 4.69) is 10.3 Å². The second-order valence-corrected chi connectivity index (χ2v) is 8.15. The standard InChI is InChI=1S/C24H23F2N3O4/c25-18-6-3-4-14(23(18)26)13-29-16(8-9-22(29)31)11-21(30)28-20(24(32)33)10-15-12-27-19-7-2-1-5-17(15)19/h1-7,12,16,20,27H,8-11,13H2,(H,28,30)(H,32,33)/t16?,20-/m0/s1. The van der Waals surface area contributed by atoms with Gasteiger partial charge in [0.05, 0.1) is 0 Å².